The van der Waals surface area contributed by atoms with Crippen molar-refractivity contribution in [1.82, 2.24) is 20.2 Å². The van der Waals surface area contributed by atoms with Gasteiger partial charge in [-0.05, 0) is 28.9 Å². The number of tetrazole rings is 1. The minimum Gasteiger partial charge on any atom is -0.448 e. The molecule has 1 saturated carbocycles. The molecule has 0 saturated heterocycles. The van der Waals surface area contributed by atoms with E-state index >= 15 is 0 Å². The number of rotatable bonds is 4. The maximum absolute atomic E-state index is 12.1. The van der Waals surface area contributed by atoms with Crippen LogP contribution in [0.15, 0.2) is 5.16 Å². The third kappa shape index (κ3) is 4.83. The van der Waals surface area contributed by atoms with Crippen molar-refractivity contribution in [3.63, 3.8) is 0 Å². The summed E-state index contributed by atoms with van der Waals surface area (Å²) < 4.78 is 37.9. The second kappa shape index (κ2) is 6.90. The molecule has 0 unspecified atom stereocenters. The Morgan fingerprint density at radius 1 is 1.29 bits per heavy atom. The monoisotopic (exact) mass is 290 g/mol. The number of hydrogen-bond acceptors (Lipinski definition) is 4. The Labute approximate surface area is 144 Å². The zero-order chi connectivity index (χ0) is 11.6. The number of nitrogens with zero attached hydrogens (tertiary/aromatic N) is 4. The van der Waals surface area contributed by atoms with Crippen LogP contribution in [0.5, 0.6) is 0 Å². The Morgan fingerprint density at radius 2 is 1.94 bits per heavy atom. The second-order valence-corrected chi connectivity index (χ2v) is 4.85. The van der Waals surface area contributed by atoms with Gasteiger partial charge in [0.2, 0.25) is 5.16 Å². The quantitative estimate of drug-likeness (QED) is 0.542. The molecular weight excluding hydrogens is 279 g/mol. The van der Waals surface area contributed by atoms with Gasteiger partial charge in [-0.15, -0.1) is 16.9 Å². The van der Waals surface area contributed by atoms with Crippen LogP contribution in [0.3, 0.4) is 0 Å². The van der Waals surface area contributed by atoms with Crippen molar-refractivity contribution in [2.75, 3.05) is 5.65 Å². The van der Waals surface area contributed by atoms with E-state index in [1.807, 2.05) is 0 Å². The van der Waals surface area contributed by atoms with Crippen LogP contribution in [-0.2, 0) is 0 Å². The van der Waals surface area contributed by atoms with Crippen LogP contribution in [0.25, 0.3) is 0 Å². The molecule has 0 N–H and O–H groups in total. The maximum atomic E-state index is 12.1. The van der Waals surface area contributed by atoms with E-state index in [0.717, 1.165) is 25.7 Å². The molecule has 1 aromatic heterocycles. The Morgan fingerprint density at radius 3 is 2.53 bits per heavy atom. The van der Waals surface area contributed by atoms with Crippen molar-refractivity contribution in [2.45, 2.75) is 36.9 Å². The van der Waals surface area contributed by atoms with Gasteiger partial charge in [-0.2, -0.15) is 0 Å². The van der Waals surface area contributed by atoms with Gasteiger partial charge in [0.05, 0.1) is 6.04 Å². The van der Waals surface area contributed by atoms with E-state index in [0.29, 0.717) is 11.8 Å². The standard InChI is InChI=1S/C7H11BF3N4S.K/c9-8(10,11)5-16-7-12-13-14-15(7)6-3-1-2-4-6;/h6H,1-5H2;/q-1;+1. The van der Waals surface area contributed by atoms with Gasteiger partial charge in [0, 0.05) is 0 Å². The van der Waals surface area contributed by atoms with Gasteiger partial charge in [0.15, 0.2) is 0 Å². The summed E-state index contributed by atoms with van der Waals surface area (Å²) in [5.74, 6) is 0. The first-order valence-electron chi connectivity index (χ1n) is 5.18. The molecule has 17 heavy (non-hydrogen) atoms. The van der Waals surface area contributed by atoms with Crippen molar-refractivity contribution in [3.8, 4) is 0 Å². The Bertz CT molecular complexity index is 355. The topological polar surface area (TPSA) is 43.6 Å². The fourth-order valence-electron chi connectivity index (χ4n) is 1.83. The summed E-state index contributed by atoms with van der Waals surface area (Å²) in [4.78, 5) is 0. The molecule has 0 aliphatic heterocycles. The normalized spacial score (nSPS) is 17.1. The first-order chi connectivity index (χ1) is 7.56. The molecule has 90 valence electrons. The molecule has 2 rings (SSSR count). The molecule has 0 aromatic carbocycles. The summed E-state index contributed by atoms with van der Waals surface area (Å²) in [5, 5.41) is 11.1. The predicted molar refractivity (Wildman–Crippen MR) is 55.1 cm³/mol. The molecule has 10 heteroatoms. The van der Waals surface area contributed by atoms with Gasteiger partial charge in [-0.25, -0.2) is 4.68 Å². The first-order valence-corrected chi connectivity index (χ1v) is 6.16. The van der Waals surface area contributed by atoms with Crippen molar-refractivity contribution < 1.29 is 64.3 Å². The molecule has 1 aromatic rings. The molecule has 1 heterocycles. The average molecular weight is 290 g/mol. The van der Waals surface area contributed by atoms with Crippen LogP contribution in [0, 0.1) is 0 Å². The minimum atomic E-state index is -4.79. The summed E-state index contributed by atoms with van der Waals surface area (Å²) in [6, 6.07) is 0.179. The van der Waals surface area contributed by atoms with Crippen molar-refractivity contribution in [2.24, 2.45) is 0 Å². The van der Waals surface area contributed by atoms with Crippen molar-refractivity contribution in [3.05, 3.63) is 0 Å². The third-order valence-corrected chi connectivity index (χ3v) is 3.61. The smallest absolute Gasteiger partial charge is 0.448 e. The van der Waals surface area contributed by atoms with Gasteiger partial charge >= 0.3 is 58.4 Å². The zero-order valence-electron chi connectivity index (χ0n) is 9.52. The summed E-state index contributed by atoms with van der Waals surface area (Å²) in [5.41, 5.74) is -0.882. The van der Waals surface area contributed by atoms with E-state index in [4.69, 9.17) is 0 Å². The van der Waals surface area contributed by atoms with Crippen LogP contribution in [0.1, 0.15) is 31.7 Å². The summed E-state index contributed by atoms with van der Waals surface area (Å²) in [7, 11) is 0. The third-order valence-electron chi connectivity index (χ3n) is 2.53. The Kier molecular flexibility index (Phi) is 6.48. The molecule has 4 nitrogen and oxygen atoms in total. The fourth-order valence-corrected chi connectivity index (χ4v) is 2.58. The molecule has 0 radical (unpaired) electrons. The number of thioether (sulfide) groups is 1. The van der Waals surface area contributed by atoms with Crippen LogP contribution < -0.4 is 51.4 Å². The number of halogens is 3. The summed E-state index contributed by atoms with van der Waals surface area (Å²) in [6.45, 7) is -4.79. The molecule has 1 aliphatic carbocycles. The van der Waals surface area contributed by atoms with E-state index in [-0.39, 0.29) is 62.6 Å². The Hall–Kier alpha value is 0.911. The summed E-state index contributed by atoms with van der Waals surface area (Å²) in [6.07, 6.45) is 4.10. The van der Waals surface area contributed by atoms with E-state index in [1.54, 1.807) is 4.68 Å². The van der Waals surface area contributed by atoms with Gasteiger partial charge < -0.3 is 12.9 Å². The first kappa shape index (κ1) is 16.0. The summed E-state index contributed by atoms with van der Waals surface area (Å²) >= 11 is 0.677. The molecule has 0 bridgehead atoms. The van der Waals surface area contributed by atoms with Gasteiger partial charge in [-0.1, -0.05) is 12.8 Å². The van der Waals surface area contributed by atoms with Gasteiger partial charge in [0.25, 0.3) is 0 Å². The van der Waals surface area contributed by atoms with Crippen LogP contribution in [0.2, 0.25) is 0 Å². The predicted octanol–water partition coefficient (Wildman–Crippen LogP) is -0.729. The Balaban J connectivity index is 0.00000144. The van der Waals surface area contributed by atoms with Crippen LogP contribution >= 0.6 is 11.8 Å². The second-order valence-electron chi connectivity index (χ2n) is 3.87. The number of aromatic nitrogens is 4. The molecular formula is C7H11BF3KN4S. The largest absolute Gasteiger partial charge is 1.00 e. The van der Waals surface area contributed by atoms with E-state index < -0.39 is 12.6 Å². The van der Waals surface area contributed by atoms with E-state index in [9.17, 15) is 12.9 Å². The SMILES string of the molecule is F[B-](F)(F)CSc1nnnn1C1CCCC1.[K+]. The maximum Gasteiger partial charge on any atom is 1.00 e. The average Bonchev–Trinajstić information content (AvgIpc) is 2.84. The number of hydrogen-bond donors (Lipinski definition) is 0. The van der Waals surface area contributed by atoms with Crippen LogP contribution in [-0.4, -0.2) is 32.8 Å². The molecule has 0 spiro atoms. The molecule has 1 aliphatic rings. The zero-order valence-corrected chi connectivity index (χ0v) is 13.5. The molecule has 1 fully saturated rings. The van der Waals surface area contributed by atoms with E-state index in [2.05, 4.69) is 15.5 Å². The van der Waals surface area contributed by atoms with E-state index in [1.165, 1.54) is 0 Å². The van der Waals surface area contributed by atoms with Gasteiger partial charge in [0.1, 0.15) is 0 Å². The minimum absolute atomic E-state index is 0. The van der Waals surface area contributed by atoms with Crippen LogP contribution in [0.4, 0.5) is 12.9 Å². The van der Waals surface area contributed by atoms with Crippen molar-refractivity contribution in [1.29, 1.82) is 0 Å². The molecule has 0 atom stereocenters. The fraction of sp³-hybridized carbons (Fsp3) is 0.857. The van der Waals surface area contributed by atoms with Crippen molar-refractivity contribution >= 4 is 18.7 Å². The molecule has 0 amide bonds. The van der Waals surface area contributed by atoms with Gasteiger partial charge in [-0.3, -0.25) is 0 Å².